The molecule has 0 bridgehead atoms. The number of aryl methyl sites for hydroxylation is 1. The minimum Gasteiger partial charge on any atom is -0.478 e. The summed E-state index contributed by atoms with van der Waals surface area (Å²) in [5.41, 5.74) is 6.17. The largest absolute Gasteiger partial charge is 0.478 e. The smallest absolute Gasteiger partial charge is 0.336 e. The number of aromatic amines is 1. The fourth-order valence-corrected chi connectivity index (χ4v) is 2.52. The molecular formula is C12H11N3O3S. The summed E-state index contributed by atoms with van der Waals surface area (Å²) in [5.74, 6) is -0.940. The highest BCUT2D eigenvalue weighted by molar-refractivity contribution is 7.99. The number of nitrogens with one attached hydrogen (secondary N) is 1. The van der Waals surface area contributed by atoms with E-state index in [-0.39, 0.29) is 22.1 Å². The highest BCUT2D eigenvalue weighted by Gasteiger charge is 2.12. The number of aromatic carboxylic acids is 1. The molecule has 0 aliphatic rings. The van der Waals surface area contributed by atoms with Gasteiger partial charge in [0.25, 0.3) is 5.56 Å². The van der Waals surface area contributed by atoms with E-state index in [2.05, 4.69) is 9.97 Å². The van der Waals surface area contributed by atoms with Crippen molar-refractivity contribution < 1.29 is 9.90 Å². The summed E-state index contributed by atoms with van der Waals surface area (Å²) in [4.78, 5) is 29.4. The number of hydrogen-bond acceptors (Lipinski definition) is 5. The van der Waals surface area contributed by atoms with Crippen molar-refractivity contribution >= 4 is 23.5 Å². The maximum absolute atomic E-state index is 11.3. The minimum atomic E-state index is -1.03. The predicted molar refractivity (Wildman–Crippen MR) is 71.5 cm³/mol. The van der Waals surface area contributed by atoms with Crippen molar-refractivity contribution in [1.29, 1.82) is 0 Å². The number of nitrogen functional groups attached to an aromatic ring is 1. The molecule has 0 aliphatic carbocycles. The lowest BCUT2D eigenvalue weighted by atomic mass is 10.1. The van der Waals surface area contributed by atoms with Gasteiger partial charge in [-0.05, 0) is 24.6 Å². The zero-order valence-electron chi connectivity index (χ0n) is 10.0. The molecule has 98 valence electrons. The van der Waals surface area contributed by atoms with Crippen LogP contribution in [0.4, 0.5) is 5.82 Å². The number of carboxylic acid groups (broad SMARTS) is 1. The van der Waals surface area contributed by atoms with Gasteiger partial charge in [-0.1, -0.05) is 17.8 Å². The average Bonchev–Trinajstić information content (AvgIpc) is 2.26. The van der Waals surface area contributed by atoms with Crippen LogP contribution in [0, 0.1) is 6.92 Å². The Labute approximate surface area is 112 Å². The second-order valence-electron chi connectivity index (χ2n) is 3.88. The van der Waals surface area contributed by atoms with Gasteiger partial charge in [0, 0.05) is 11.0 Å². The summed E-state index contributed by atoms with van der Waals surface area (Å²) in [6, 6.07) is 6.11. The Kier molecular flexibility index (Phi) is 3.57. The van der Waals surface area contributed by atoms with Crippen LogP contribution in [0.25, 0.3) is 0 Å². The van der Waals surface area contributed by atoms with E-state index < -0.39 is 5.97 Å². The third-order valence-electron chi connectivity index (χ3n) is 2.31. The van der Waals surface area contributed by atoms with Crippen LogP contribution in [-0.4, -0.2) is 21.0 Å². The number of H-pyrrole nitrogens is 1. The molecule has 0 radical (unpaired) electrons. The normalized spacial score (nSPS) is 10.4. The summed E-state index contributed by atoms with van der Waals surface area (Å²) < 4.78 is 0. The van der Waals surface area contributed by atoms with Gasteiger partial charge in [0.1, 0.15) is 5.82 Å². The van der Waals surface area contributed by atoms with Crippen LogP contribution in [0.5, 0.6) is 0 Å². The van der Waals surface area contributed by atoms with E-state index in [1.807, 2.05) is 6.92 Å². The molecule has 0 amide bonds. The van der Waals surface area contributed by atoms with E-state index in [0.29, 0.717) is 4.90 Å². The standard InChI is InChI=1S/C12H11N3O3S/c1-6-2-3-7(11(17)18)8(4-6)19-12-14-9(13)5-10(16)15-12/h2-5H,1H3,(H,17,18)(H3,13,14,15,16). The molecule has 1 aromatic heterocycles. The average molecular weight is 277 g/mol. The maximum Gasteiger partial charge on any atom is 0.336 e. The van der Waals surface area contributed by atoms with Crippen molar-refractivity contribution in [3.63, 3.8) is 0 Å². The molecule has 0 saturated carbocycles. The van der Waals surface area contributed by atoms with E-state index >= 15 is 0 Å². The molecule has 0 atom stereocenters. The molecule has 19 heavy (non-hydrogen) atoms. The van der Waals surface area contributed by atoms with Crippen molar-refractivity contribution in [2.75, 3.05) is 5.73 Å². The van der Waals surface area contributed by atoms with Crippen LogP contribution >= 0.6 is 11.8 Å². The topological polar surface area (TPSA) is 109 Å². The molecule has 0 aliphatic heterocycles. The van der Waals surface area contributed by atoms with Crippen LogP contribution in [0.15, 0.2) is 39.1 Å². The Balaban J connectivity index is 2.45. The Morgan fingerprint density at radius 2 is 2.16 bits per heavy atom. The number of rotatable bonds is 3. The summed E-state index contributed by atoms with van der Waals surface area (Å²) in [7, 11) is 0. The number of nitrogens with zero attached hydrogens (tertiary/aromatic N) is 1. The predicted octanol–water partition coefficient (Wildman–Crippen LogP) is 1.51. The second kappa shape index (κ2) is 5.15. The summed E-state index contributed by atoms with van der Waals surface area (Å²) in [6.07, 6.45) is 0. The van der Waals surface area contributed by atoms with Gasteiger partial charge in [0.05, 0.1) is 5.56 Å². The zero-order valence-corrected chi connectivity index (χ0v) is 10.8. The Morgan fingerprint density at radius 3 is 2.79 bits per heavy atom. The lowest BCUT2D eigenvalue weighted by Crippen LogP contribution is -2.09. The van der Waals surface area contributed by atoms with Gasteiger partial charge < -0.3 is 15.8 Å². The maximum atomic E-state index is 11.3. The Morgan fingerprint density at radius 1 is 1.42 bits per heavy atom. The van der Waals surface area contributed by atoms with E-state index in [1.54, 1.807) is 12.1 Å². The number of carbonyl (C=O) groups is 1. The van der Waals surface area contributed by atoms with Crippen LogP contribution in [0.2, 0.25) is 0 Å². The molecule has 2 rings (SSSR count). The lowest BCUT2D eigenvalue weighted by molar-refractivity contribution is 0.0693. The fourth-order valence-electron chi connectivity index (χ4n) is 1.50. The number of nitrogens with two attached hydrogens (primary N) is 1. The first kappa shape index (κ1) is 13.2. The molecule has 0 fully saturated rings. The van der Waals surface area contributed by atoms with Crippen LogP contribution < -0.4 is 11.3 Å². The number of hydrogen-bond donors (Lipinski definition) is 3. The highest BCUT2D eigenvalue weighted by Crippen LogP contribution is 2.28. The van der Waals surface area contributed by atoms with Gasteiger partial charge >= 0.3 is 5.97 Å². The first-order chi connectivity index (χ1) is 8.95. The minimum absolute atomic E-state index is 0.0933. The Bertz CT molecular complexity index is 697. The molecule has 4 N–H and O–H groups in total. The molecular weight excluding hydrogens is 266 g/mol. The van der Waals surface area contributed by atoms with Crippen molar-refractivity contribution in [3.8, 4) is 0 Å². The van der Waals surface area contributed by atoms with Gasteiger partial charge in [-0.3, -0.25) is 4.79 Å². The van der Waals surface area contributed by atoms with Gasteiger partial charge in [0.2, 0.25) is 0 Å². The molecule has 0 saturated heterocycles. The van der Waals surface area contributed by atoms with E-state index in [1.165, 1.54) is 12.1 Å². The second-order valence-corrected chi connectivity index (χ2v) is 4.91. The van der Waals surface area contributed by atoms with Crippen LogP contribution in [0.1, 0.15) is 15.9 Å². The third-order valence-corrected chi connectivity index (χ3v) is 3.26. The number of aromatic nitrogens is 2. The molecule has 2 aromatic rings. The first-order valence-electron chi connectivity index (χ1n) is 5.34. The third kappa shape index (κ3) is 3.14. The van der Waals surface area contributed by atoms with Crippen molar-refractivity contribution in [2.24, 2.45) is 0 Å². The molecule has 0 unspecified atom stereocenters. The van der Waals surface area contributed by atoms with Crippen LogP contribution in [-0.2, 0) is 0 Å². The molecule has 7 heteroatoms. The number of benzene rings is 1. The highest BCUT2D eigenvalue weighted by atomic mass is 32.2. The van der Waals surface area contributed by atoms with Gasteiger partial charge in [0.15, 0.2) is 5.16 Å². The van der Waals surface area contributed by atoms with E-state index in [0.717, 1.165) is 17.3 Å². The number of carboxylic acids is 1. The zero-order chi connectivity index (χ0) is 14.0. The molecule has 0 spiro atoms. The SMILES string of the molecule is Cc1ccc(C(=O)O)c(Sc2nc(N)cc(=O)[nH]2)c1. The monoisotopic (exact) mass is 277 g/mol. The van der Waals surface area contributed by atoms with Gasteiger partial charge in [-0.15, -0.1) is 0 Å². The molecule has 6 nitrogen and oxygen atoms in total. The van der Waals surface area contributed by atoms with Crippen molar-refractivity contribution in [3.05, 3.63) is 45.7 Å². The van der Waals surface area contributed by atoms with Gasteiger partial charge in [-0.25, -0.2) is 9.78 Å². The number of anilines is 1. The fraction of sp³-hybridized carbons (Fsp3) is 0.0833. The van der Waals surface area contributed by atoms with Crippen molar-refractivity contribution in [1.82, 2.24) is 9.97 Å². The summed E-state index contributed by atoms with van der Waals surface area (Å²) in [6.45, 7) is 1.85. The molecule has 1 aromatic carbocycles. The quantitative estimate of drug-likeness (QED) is 0.734. The lowest BCUT2D eigenvalue weighted by Gasteiger charge is -2.06. The Hall–Kier alpha value is -2.28. The van der Waals surface area contributed by atoms with Crippen LogP contribution in [0.3, 0.4) is 0 Å². The van der Waals surface area contributed by atoms with E-state index in [4.69, 9.17) is 10.8 Å². The van der Waals surface area contributed by atoms with Crippen molar-refractivity contribution in [2.45, 2.75) is 17.0 Å². The van der Waals surface area contributed by atoms with E-state index in [9.17, 15) is 9.59 Å². The van der Waals surface area contributed by atoms with Gasteiger partial charge in [-0.2, -0.15) is 0 Å². The summed E-state index contributed by atoms with van der Waals surface area (Å²) in [5, 5.41) is 9.38. The first-order valence-corrected chi connectivity index (χ1v) is 6.16. The molecule has 1 heterocycles. The summed E-state index contributed by atoms with van der Waals surface area (Å²) >= 11 is 1.06.